The van der Waals surface area contributed by atoms with E-state index in [9.17, 15) is 18.0 Å². The summed E-state index contributed by atoms with van der Waals surface area (Å²) in [7, 11) is 1.12. The van der Waals surface area contributed by atoms with Crippen molar-refractivity contribution in [3.8, 4) is 5.75 Å². The Morgan fingerprint density at radius 3 is 2.62 bits per heavy atom. The number of rotatable bonds is 3. The van der Waals surface area contributed by atoms with E-state index in [2.05, 4.69) is 5.32 Å². The zero-order valence-electron chi connectivity index (χ0n) is 11.0. The molecule has 0 aromatic heterocycles. The molecule has 1 aromatic carbocycles. The standard InChI is InChI=1S/C13H13ClF3NO3/c1-21-11-8(13(15,16)17)2-6(3-9(11)14)10-4-7(5-18-10)12(19)20/h2-3,7,10,18H,4-5H2,1H3,(H,19,20). The maximum Gasteiger partial charge on any atom is 0.420 e. The van der Waals surface area contributed by atoms with Crippen molar-refractivity contribution in [2.24, 2.45) is 5.92 Å². The van der Waals surface area contributed by atoms with Crippen molar-refractivity contribution >= 4 is 17.6 Å². The number of carboxylic acid groups (broad SMARTS) is 1. The van der Waals surface area contributed by atoms with Gasteiger partial charge in [0.1, 0.15) is 5.75 Å². The van der Waals surface area contributed by atoms with Crippen LogP contribution >= 0.6 is 11.6 Å². The lowest BCUT2D eigenvalue weighted by molar-refractivity contribution is -0.141. The molecule has 2 N–H and O–H groups in total. The molecular weight excluding hydrogens is 311 g/mol. The summed E-state index contributed by atoms with van der Waals surface area (Å²) in [6.45, 7) is 0.213. The Kier molecular flexibility index (Phi) is 4.34. The van der Waals surface area contributed by atoms with Gasteiger partial charge >= 0.3 is 12.1 Å². The Morgan fingerprint density at radius 1 is 1.48 bits per heavy atom. The van der Waals surface area contributed by atoms with E-state index >= 15 is 0 Å². The number of carbonyl (C=O) groups is 1. The molecule has 1 heterocycles. The monoisotopic (exact) mass is 323 g/mol. The number of nitrogens with one attached hydrogen (secondary N) is 1. The third-order valence-corrected chi connectivity index (χ3v) is 3.74. The first-order valence-corrected chi connectivity index (χ1v) is 6.52. The molecule has 21 heavy (non-hydrogen) atoms. The van der Waals surface area contributed by atoms with E-state index < -0.39 is 35.4 Å². The van der Waals surface area contributed by atoms with Crippen LogP contribution in [-0.2, 0) is 11.0 Å². The Hall–Kier alpha value is -1.47. The summed E-state index contributed by atoms with van der Waals surface area (Å²) in [5, 5.41) is 11.7. The molecule has 116 valence electrons. The highest BCUT2D eigenvalue weighted by molar-refractivity contribution is 6.32. The van der Waals surface area contributed by atoms with Gasteiger partial charge in [0, 0.05) is 12.6 Å². The van der Waals surface area contributed by atoms with Crippen molar-refractivity contribution < 1.29 is 27.8 Å². The van der Waals surface area contributed by atoms with Crippen LogP contribution in [0.5, 0.6) is 5.75 Å². The third kappa shape index (κ3) is 3.24. The molecule has 2 atom stereocenters. The fourth-order valence-electron chi connectivity index (χ4n) is 2.41. The van der Waals surface area contributed by atoms with Crippen molar-refractivity contribution in [2.75, 3.05) is 13.7 Å². The number of methoxy groups -OCH3 is 1. The van der Waals surface area contributed by atoms with Crippen LogP contribution in [0.2, 0.25) is 5.02 Å². The molecule has 1 aromatic rings. The van der Waals surface area contributed by atoms with Crippen molar-refractivity contribution in [1.29, 1.82) is 0 Å². The largest absolute Gasteiger partial charge is 0.495 e. The van der Waals surface area contributed by atoms with E-state index in [1.165, 1.54) is 6.07 Å². The van der Waals surface area contributed by atoms with Gasteiger partial charge in [0.2, 0.25) is 0 Å². The minimum absolute atomic E-state index is 0.150. The topological polar surface area (TPSA) is 58.6 Å². The van der Waals surface area contributed by atoms with E-state index in [4.69, 9.17) is 21.4 Å². The van der Waals surface area contributed by atoms with Gasteiger partial charge in [-0.1, -0.05) is 11.6 Å². The smallest absolute Gasteiger partial charge is 0.420 e. The van der Waals surface area contributed by atoms with Gasteiger partial charge in [0.15, 0.2) is 0 Å². The molecule has 2 rings (SSSR count). The first kappa shape index (κ1) is 15.9. The van der Waals surface area contributed by atoms with Crippen LogP contribution < -0.4 is 10.1 Å². The summed E-state index contributed by atoms with van der Waals surface area (Å²) in [4.78, 5) is 10.9. The van der Waals surface area contributed by atoms with Crippen LogP contribution in [0.15, 0.2) is 12.1 Å². The molecular formula is C13H13ClF3NO3. The van der Waals surface area contributed by atoms with E-state index in [0.717, 1.165) is 13.2 Å². The van der Waals surface area contributed by atoms with Gasteiger partial charge in [-0.15, -0.1) is 0 Å². The number of hydrogen-bond donors (Lipinski definition) is 2. The minimum atomic E-state index is -4.60. The quantitative estimate of drug-likeness (QED) is 0.897. The van der Waals surface area contributed by atoms with E-state index in [0.29, 0.717) is 5.56 Å². The Bertz CT molecular complexity index is 562. The van der Waals surface area contributed by atoms with Crippen LogP contribution in [0.4, 0.5) is 13.2 Å². The SMILES string of the molecule is COc1c(Cl)cc(C2CC(C(=O)O)CN2)cc1C(F)(F)F. The molecule has 0 aliphatic carbocycles. The third-order valence-electron chi connectivity index (χ3n) is 3.46. The number of aliphatic carboxylic acids is 1. The minimum Gasteiger partial charge on any atom is -0.495 e. The second-order valence-electron chi connectivity index (χ2n) is 4.81. The molecule has 2 unspecified atom stereocenters. The van der Waals surface area contributed by atoms with Crippen molar-refractivity contribution in [1.82, 2.24) is 5.32 Å². The van der Waals surface area contributed by atoms with Gasteiger partial charge in [-0.05, 0) is 24.1 Å². The second-order valence-corrected chi connectivity index (χ2v) is 5.22. The summed E-state index contributed by atoms with van der Waals surface area (Å²) in [5.74, 6) is -2.02. The number of hydrogen-bond acceptors (Lipinski definition) is 3. The van der Waals surface area contributed by atoms with Gasteiger partial charge in [0.25, 0.3) is 0 Å². The van der Waals surface area contributed by atoms with Crippen molar-refractivity contribution in [2.45, 2.75) is 18.6 Å². The number of benzene rings is 1. The maximum absolute atomic E-state index is 13.0. The van der Waals surface area contributed by atoms with Crippen molar-refractivity contribution in [3.63, 3.8) is 0 Å². The van der Waals surface area contributed by atoms with Gasteiger partial charge in [-0.2, -0.15) is 13.2 Å². The summed E-state index contributed by atoms with van der Waals surface area (Å²) >= 11 is 5.85. The summed E-state index contributed by atoms with van der Waals surface area (Å²) < 4.78 is 43.8. The van der Waals surface area contributed by atoms with Crippen LogP contribution in [-0.4, -0.2) is 24.7 Å². The van der Waals surface area contributed by atoms with E-state index in [1.807, 2.05) is 0 Å². The average Bonchev–Trinajstić information content (AvgIpc) is 2.86. The van der Waals surface area contributed by atoms with Crippen LogP contribution in [0.25, 0.3) is 0 Å². The number of carboxylic acids is 1. The number of ether oxygens (including phenoxy) is 1. The predicted octanol–water partition coefficient (Wildman–Crippen LogP) is 3.10. The van der Waals surface area contributed by atoms with Gasteiger partial charge < -0.3 is 15.2 Å². The lowest BCUT2D eigenvalue weighted by atomic mass is 9.98. The summed E-state index contributed by atoms with van der Waals surface area (Å²) in [6, 6.07) is 1.85. The van der Waals surface area contributed by atoms with E-state index in [1.54, 1.807) is 0 Å². The molecule has 1 aliphatic rings. The molecule has 1 fully saturated rings. The molecule has 0 radical (unpaired) electrons. The second kappa shape index (κ2) is 5.73. The molecule has 1 aliphatic heterocycles. The highest BCUT2D eigenvalue weighted by atomic mass is 35.5. The van der Waals surface area contributed by atoms with Crippen LogP contribution in [0.3, 0.4) is 0 Å². The fraction of sp³-hybridized carbons (Fsp3) is 0.462. The molecule has 8 heteroatoms. The molecule has 0 bridgehead atoms. The molecule has 4 nitrogen and oxygen atoms in total. The van der Waals surface area contributed by atoms with Gasteiger partial charge in [-0.3, -0.25) is 4.79 Å². The lowest BCUT2D eigenvalue weighted by Gasteiger charge is -2.18. The zero-order valence-corrected chi connectivity index (χ0v) is 11.8. The zero-order chi connectivity index (χ0) is 15.8. The summed E-state index contributed by atoms with van der Waals surface area (Å²) in [6.07, 6.45) is -4.38. The highest BCUT2D eigenvalue weighted by Crippen LogP contribution is 2.43. The fourth-order valence-corrected chi connectivity index (χ4v) is 2.72. The summed E-state index contributed by atoms with van der Waals surface area (Å²) in [5.41, 5.74) is -0.662. The molecule has 0 amide bonds. The Labute approximate surface area is 123 Å². The van der Waals surface area contributed by atoms with E-state index in [-0.39, 0.29) is 18.0 Å². The molecule has 1 saturated heterocycles. The highest BCUT2D eigenvalue weighted by Gasteiger charge is 2.38. The Morgan fingerprint density at radius 2 is 2.14 bits per heavy atom. The van der Waals surface area contributed by atoms with Gasteiger partial charge in [0.05, 0.1) is 23.6 Å². The van der Waals surface area contributed by atoms with Gasteiger partial charge in [-0.25, -0.2) is 0 Å². The van der Waals surface area contributed by atoms with Crippen LogP contribution in [0.1, 0.15) is 23.6 Å². The molecule has 0 spiro atoms. The number of alkyl halides is 3. The van der Waals surface area contributed by atoms with Crippen LogP contribution in [0, 0.1) is 5.92 Å². The normalized spacial score (nSPS) is 22.3. The lowest BCUT2D eigenvalue weighted by Crippen LogP contribution is -2.17. The average molecular weight is 324 g/mol. The number of halogens is 4. The van der Waals surface area contributed by atoms with Crippen molar-refractivity contribution in [3.05, 3.63) is 28.3 Å². The predicted molar refractivity (Wildman–Crippen MR) is 69.5 cm³/mol. The first-order valence-electron chi connectivity index (χ1n) is 6.15. The Balaban J connectivity index is 2.38. The maximum atomic E-state index is 13.0. The first-order chi connectivity index (χ1) is 9.74. The molecule has 0 saturated carbocycles.